The second kappa shape index (κ2) is 10.2. The van der Waals surface area contributed by atoms with Crippen molar-refractivity contribution in [3.8, 4) is 0 Å². The number of anilines is 1. The number of aryl methyl sites for hydroxylation is 3. The lowest BCUT2D eigenvalue weighted by atomic mass is 9.96. The molecule has 31 heavy (non-hydrogen) atoms. The van der Waals surface area contributed by atoms with E-state index in [0.717, 1.165) is 28.8 Å². The number of hydrogen-bond donors (Lipinski definition) is 1. The summed E-state index contributed by atoms with van der Waals surface area (Å²) in [5.74, 6) is -1.02. The van der Waals surface area contributed by atoms with E-state index >= 15 is 0 Å². The van der Waals surface area contributed by atoms with Crippen LogP contribution in [0.2, 0.25) is 0 Å². The topological polar surface area (TPSA) is 75.7 Å². The van der Waals surface area contributed by atoms with Crippen LogP contribution in [0.4, 0.5) is 5.69 Å². The van der Waals surface area contributed by atoms with Crippen LogP contribution in [0.5, 0.6) is 0 Å². The lowest BCUT2D eigenvalue weighted by Crippen LogP contribution is -2.41. The van der Waals surface area contributed by atoms with Crippen LogP contribution < -0.4 is 5.32 Å². The third-order valence-corrected chi connectivity index (χ3v) is 5.84. The Balaban J connectivity index is 1.48. The molecule has 1 fully saturated rings. The number of ether oxygens (including phenoxy) is 1. The van der Waals surface area contributed by atoms with Crippen LogP contribution in [-0.4, -0.2) is 42.4 Å². The van der Waals surface area contributed by atoms with E-state index in [1.807, 2.05) is 63.2 Å². The molecule has 0 spiro atoms. The zero-order valence-corrected chi connectivity index (χ0v) is 18.4. The van der Waals surface area contributed by atoms with E-state index < -0.39 is 0 Å². The van der Waals surface area contributed by atoms with Crippen molar-refractivity contribution in [2.24, 2.45) is 5.92 Å². The molecule has 6 nitrogen and oxygen atoms in total. The fourth-order valence-electron chi connectivity index (χ4n) is 3.93. The van der Waals surface area contributed by atoms with Gasteiger partial charge in [0.1, 0.15) is 0 Å². The van der Waals surface area contributed by atoms with Crippen molar-refractivity contribution < 1.29 is 19.1 Å². The number of piperidine rings is 1. The van der Waals surface area contributed by atoms with Crippen LogP contribution >= 0.6 is 0 Å². The minimum absolute atomic E-state index is 0.00532. The van der Waals surface area contributed by atoms with Crippen LogP contribution in [0.15, 0.2) is 42.5 Å². The molecule has 2 amide bonds. The van der Waals surface area contributed by atoms with Crippen molar-refractivity contribution in [1.82, 2.24) is 4.90 Å². The molecule has 0 bridgehead atoms. The maximum Gasteiger partial charge on any atom is 0.309 e. The zero-order chi connectivity index (χ0) is 22.4. The van der Waals surface area contributed by atoms with E-state index in [0.29, 0.717) is 31.5 Å². The fourth-order valence-corrected chi connectivity index (χ4v) is 3.93. The molecule has 2 aromatic rings. The van der Waals surface area contributed by atoms with Gasteiger partial charge in [-0.25, -0.2) is 0 Å². The fraction of sp³-hybridized carbons (Fsp3) is 0.400. The van der Waals surface area contributed by atoms with Crippen LogP contribution in [-0.2, 0) is 20.7 Å². The lowest BCUT2D eigenvalue weighted by Gasteiger charge is -2.31. The minimum atomic E-state index is -0.376. The van der Waals surface area contributed by atoms with Gasteiger partial charge >= 0.3 is 5.97 Å². The second-order valence-electron chi connectivity index (χ2n) is 8.00. The molecule has 0 atom stereocenters. The van der Waals surface area contributed by atoms with Gasteiger partial charge in [-0.2, -0.15) is 0 Å². The number of likely N-dealkylation sites (tertiary alicyclic amines) is 1. The number of nitrogens with zero attached hydrogens (tertiary/aromatic N) is 1. The van der Waals surface area contributed by atoms with Gasteiger partial charge in [-0.15, -0.1) is 0 Å². The maximum absolute atomic E-state index is 12.7. The van der Waals surface area contributed by atoms with Crippen molar-refractivity contribution >= 4 is 23.5 Å². The quantitative estimate of drug-likeness (QED) is 0.717. The van der Waals surface area contributed by atoms with Crippen molar-refractivity contribution in [3.63, 3.8) is 0 Å². The van der Waals surface area contributed by atoms with Gasteiger partial charge in [0.2, 0.25) is 0 Å². The maximum atomic E-state index is 12.7. The van der Waals surface area contributed by atoms with E-state index in [1.165, 1.54) is 0 Å². The number of nitrogens with one attached hydrogen (secondary N) is 1. The average molecular weight is 423 g/mol. The Hall–Kier alpha value is -3.15. The Morgan fingerprint density at radius 3 is 2.35 bits per heavy atom. The summed E-state index contributed by atoms with van der Waals surface area (Å²) in [6.07, 6.45) is 1.88. The van der Waals surface area contributed by atoms with Crippen molar-refractivity contribution in [2.75, 3.05) is 25.0 Å². The molecule has 1 heterocycles. The molecule has 2 aromatic carbocycles. The molecule has 164 valence electrons. The molecule has 1 N–H and O–H groups in total. The first kappa shape index (κ1) is 22.5. The first-order chi connectivity index (χ1) is 14.9. The largest absolute Gasteiger partial charge is 0.455 e. The Morgan fingerprint density at radius 1 is 1.00 bits per heavy atom. The normalized spacial score (nSPS) is 14.2. The van der Waals surface area contributed by atoms with Gasteiger partial charge in [-0.05, 0) is 55.9 Å². The summed E-state index contributed by atoms with van der Waals surface area (Å²) in [4.78, 5) is 39.3. The number of hydrogen-bond acceptors (Lipinski definition) is 4. The van der Waals surface area contributed by atoms with Crippen molar-refractivity contribution in [3.05, 3.63) is 64.7 Å². The number of benzene rings is 2. The van der Waals surface area contributed by atoms with Gasteiger partial charge < -0.3 is 15.0 Å². The molecule has 3 rings (SSSR count). The highest BCUT2D eigenvalue weighted by Crippen LogP contribution is 2.23. The third kappa shape index (κ3) is 5.51. The van der Waals surface area contributed by atoms with Gasteiger partial charge in [0, 0.05) is 24.3 Å². The summed E-state index contributed by atoms with van der Waals surface area (Å²) < 4.78 is 5.27. The van der Waals surface area contributed by atoms with Crippen LogP contribution in [0.1, 0.15) is 46.8 Å². The molecular weight excluding hydrogens is 392 g/mol. The molecule has 0 aromatic heterocycles. The summed E-state index contributed by atoms with van der Waals surface area (Å²) in [5.41, 5.74) is 4.45. The van der Waals surface area contributed by atoms with Gasteiger partial charge in [-0.1, -0.05) is 43.3 Å². The van der Waals surface area contributed by atoms with Crippen molar-refractivity contribution in [2.45, 2.75) is 40.0 Å². The molecule has 6 heteroatoms. The van der Waals surface area contributed by atoms with Gasteiger partial charge in [-0.3, -0.25) is 14.4 Å². The van der Waals surface area contributed by atoms with Gasteiger partial charge in [0.05, 0.1) is 5.92 Å². The number of amides is 2. The Labute approximate surface area is 183 Å². The summed E-state index contributed by atoms with van der Waals surface area (Å²) in [6, 6.07) is 13.4. The summed E-state index contributed by atoms with van der Waals surface area (Å²) in [5, 5.41) is 2.86. The van der Waals surface area contributed by atoms with E-state index in [1.54, 1.807) is 4.90 Å². The van der Waals surface area contributed by atoms with E-state index in [2.05, 4.69) is 5.32 Å². The molecule has 1 aliphatic rings. The molecule has 0 saturated carbocycles. The number of rotatable bonds is 6. The van der Waals surface area contributed by atoms with E-state index in [9.17, 15) is 14.4 Å². The third-order valence-electron chi connectivity index (χ3n) is 5.84. The molecular formula is C25H30N2O4. The number of carbonyl (C=O) groups is 3. The second-order valence-corrected chi connectivity index (χ2v) is 8.00. The molecule has 0 radical (unpaired) electrons. The molecule has 0 aliphatic carbocycles. The van der Waals surface area contributed by atoms with Gasteiger partial charge in [0.25, 0.3) is 11.8 Å². The summed E-state index contributed by atoms with van der Waals surface area (Å²) in [6.45, 7) is 6.58. The average Bonchev–Trinajstić information content (AvgIpc) is 2.78. The molecule has 1 saturated heterocycles. The van der Waals surface area contributed by atoms with Gasteiger partial charge in [0.15, 0.2) is 6.61 Å². The smallest absolute Gasteiger partial charge is 0.309 e. The van der Waals surface area contributed by atoms with E-state index in [4.69, 9.17) is 4.74 Å². The predicted molar refractivity (Wildman–Crippen MR) is 120 cm³/mol. The lowest BCUT2D eigenvalue weighted by molar-refractivity contribution is -0.152. The zero-order valence-electron chi connectivity index (χ0n) is 18.4. The Kier molecular flexibility index (Phi) is 7.45. The minimum Gasteiger partial charge on any atom is -0.455 e. The highest BCUT2D eigenvalue weighted by atomic mass is 16.5. The number of carbonyl (C=O) groups excluding carboxylic acids is 3. The Morgan fingerprint density at radius 2 is 1.68 bits per heavy atom. The first-order valence-corrected chi connectivity index (χ1v) is 10.8. The van der Waals surface area contributed by atoms with E-state index in [-0.39, 0.29) is 30.3 Å². The Bertz CT molecular complexity index is 962. The van der Waals surface area contributed by atoms with Crippen LogP contribution in [0.25, 0.3) is 0 Å². The monoisotopic (exact) mass is 422 g/mol. The highest BCUT2D eigenvalue weighted by Gasteiger charge is 2.29. The highest BCUT2D eigenvalue weighted by molar-refractivity contribution is 5.96. The molecule has 0 unspecified atom stereocenters. The summed E-state index contributed by atoms with van der Waals surface area (Å²) >= 11 is 0. The van der Waals surface area contributed by atoms with Crippen LogP contribution in [0, 0.1) is 19.8 Å². The first-order valence-electron chi connectivity index (χ1n) is 10.8. The number of para-hydroxylation sites is 1. The number of esters is 1. The standard InChI is InChI=1S/C25H30N2O4/c1-4-19-10-7-9-18(3)23(19)26-22(28)16-31-25(30)20-12-14-27(15-13-20)24(29)21-11-6-5-8-17(21)2/h5-11,20H,4,12-16H2,1-3H3,(H,26,28). The van der Waals surface area contributed by atoms with Crippen molar-refractivity contribution in [1.29, 1.82) is 0 Å². The predicted octanol–water partition coefficient (Wildman–Crippen LogP) is 3.90. The summed E-state index contributed by atoms with van der Waals surface area (Å²) in [7, 11) is 0. The van der Waals surface area contributed by atoms with Crippen LogP contribution in [0.3, 0.4) is 0 Å². The SMILES string of the molecule is CCc1cccc(C)c1NC(=O)COC(=O)C1CCN(C(=O)c2ccccc2C)CC1. The molecule has 1 aliphatic heterocycles.